The Morgan fingerprint density at radius 1 is 0.929 bits per heavy atom. The molecule has 0 atom stereocenters. The van der Waals surface area contributed by atoms with Gasteiger partial charge >= 0.3 is 0 Å². The molecule has 3 aromatic carbocycles. The topological polar surface area (TPSA) is 151 Å². The van der Waals surface area contributed by atoms with E-state index in [1.807, 2.05) is 25.1 Å². The predicted octanol–water partition coefficient (Wildman–Crippen LogP) is 3.14. The molecule has 2 amide bonds. The lowest BCUT2D eigenvalue weighted by Gasteiger charge is -2.14. The number of aromatic hydroxyl groups is 2. The Bertz CT molecular complexity index is 1610. The van der Waals surface area contributed by atoms with Gasteiger partial charge in [-0.1, -0.05) is 35.9 Å². The number of rotatable bonds is 7. The molecule has 0 unspecified atom stereocenters. The highest BCUT2D eigenvalue weighted by Crippen LogP contribution is 2.29. The number of aromatic nitrogens is 3. The molecule has 1 aliphatic rings. The molecule has 42 heavy (non-hydrogen) atoms. The maximum atomic E-state index is 11.5. The van der Waals surface area contributed by atoms with E-state index in [1.165, 1.54) is 24.6 Å². The van der Waals surface area contributed by atoms with Gasteiger partial charge in [0.25, 0.3) is 0 Å². The molecule has 0 saturated heterocycles. The molecule has 0 spiro atoms. The predicted molar refractivity (Wildman–Crippen MR) is 158 cm³/mol. The van der Waals surface area contributed by atoms with Crippen LogP contribution >= 0.6 is 0 Å². The maximum Gasteiger partial charge on any atom is 0.224 e. The SMILES string of the molecule is CC(=O)NCCNC(=O)Cc1ccc(O)c(O)c1.COc1ccc2c(c1)C(c1ccc(C)cc1)=NCc1nnc(C)n1-2. The first kappa shape index (κ1) is 29.8. The lowest BCUT2D eigenvalue weighted by molar-refractivity contribution is -0.121. The van der Waals surface area contributed by atoms with Gasteiger partial charge in [-0.2, -0.15) is 0 Å². The van der Waals surface area contributed by atoms with Crippen molar-refractivity contribution < 1.29 is 24.5 Å². The quantitative estimate of drug-likeness (QED) is 0.197. The molecule has 2 heterocycles. The highest BCUT2D eigenvalue weighted by molar-refractivity contribution is 6.15. The van der Waals surface area contributed by atoms with Crippen LogP contribution in [0.3, 0.4) is 0 Å². The van der Waals surface area contributed by atoms with Crippen molar-refractivity contribution in [1.82, 2.24) is 25.4 Å². The minimum atomic E-state index is -0.251. The van der Waals surface area contributed by atoms with Gasteiger partial charge in [-0.25, -0.2) is 0 Å². The average molecular weight is 571 g/mol. The lowest BCUT2D eigenvalue weighted by Crippen LogP contribution is -2.34. The van der Waals surface area contributed by atoms with Gasteiger partial charge in [0.2, 0.25) is 11.8 Å². The van der Waals surface area contributed by atoms with Crippen LogP contribution in [-0.2, 0) is 22.6 Å². The summed E-state index contributed by atoms with van der Waals surface area (Å²) in [5.41, 5.74) is 5.93. The number of methoxy groups -OCH3 is 1. The number of benzene rings is 3. The summed E-state index contributed by atoms with van der Waals surface area (Å²) in [5, 5.41) is 32.0. The number of hydrogen-bond donors (Lipinski definition) is 4. The molecule has 5 rings (SSSR count). The fourth-order valence-corrected chi connectivity index (χ4v) is 4.41. The molecular formula is C31H34N6O5. The van der Waals surface area contributed by atoms with Crippen molar-refractivity contribution >= 4 is 17.5 Å². The minimum Gasteiger partial charge on any atom is -0.504 e. The zero-order chi connectivity index (χ0) is 30.2. The average Bonchev–Trinajstić information content (AvgIpc) is 3.25. The zero-order valence-electron chi connectivity index (χ0n) is 24.0. The summed E-state index contributed by atoms with van der Waals surface area (Å²) in [6, 6.07) is 18.7. The van der Waals surface area contributed by atoms with E-state index in [2.05, 4.69) is 56.6 Å². The third kappa shape index (κ3) is 7.30. The summed E-state index contributed by atoms with van der Waals surface area (Å²) in [6.07, 6.45) is 0.105. The molecular weight excluding hydrogens is 536 g/mol. The standard InChI is InChI=1S/C19H18N4O.C12H16N2O4/c1-12-4-6-14(7-5-12)19-16-10-15(24-3)8-9-17(16)23-13(2)21-22-18(23)11-20-19;1-8(15)13-4-5-14-12(18)7-9-2-3-10(16)11(17)6-9/h4-10H,11H2,1-3H3;2-3,6,16-17H,4-5,7H2,1H3,(H,13,15)(H,14,18). The first-order valence-electron chi connectivity index (χ1n) is 13.4. The second-order valence-electron chi connectivity index (χ2n) is 9.75. The van der Waals surface area contributed by atoms with Crippen LogP contribution in [-0.4, -0.2) is 62.7 Å². The smallest absolute Gasteiger partial charge is 0.224 e. The third-order valence-corrected chi connectivity index (χ3v) is 6.52. The first-order valence-corrected chi connectivity index (χ1v) is 13.4. The van der Waals surface area contributed by atoms with Gasteiger partial charge in [0, 0.05) is 31.1 Å². The van der Waals surface area contributed by atoms with Crippen molar-refractivity contribution in [1.29, 1.82) is 0 Å². The summed E-state index contributed by atoms with van der Waals surface area (Å²) in [7, 11) is 1.68. The molecule has 0 bridgehead atoms. The number of ether oxygens (including phenoxy) is 1. The van der Waals surface area contributed by atoms with E-state index >= 15 is 0 Å². The van der Waals surface area contributed by atoms with E-state index in [0.29, 0.717) is 25.2 Å². The first-order chi connectivity index (χ1) is 20.2. The second-order valence-corrected chi connectivity index (χ2v) is 9.75. The van der Waals surface area contributed by atoms with Crippen molar-refractivity contribution in [2.45, 2.75) is 33.7 Å². The fourth-order valence-electron chi connectivity index (χ4n) is 4.41. The summed E-state index contributed by atoms with van der Waals surface area (Å²) in [6.45, 7) is 6.67. The van der Waals surface area contributed by atoms with Gasteiger partial charge in [0.1, 0.15) is 18.1 Å². The van der Waals surface area contributed by atoms with Crippen molar-refractivity contribution in [2.24, 2.45) is 4.99 Å². The number of phenols is 2. The number of amides is 2. The lowest BCUT2D eigenvalue weighted by atomic mass is 9.99. The molecule has 4 N–H and O–H groups in total. The Hall–Kier alpha value is -5.19. The van der Waals surface area contributed by atoms with Crippen LogP contribution in [0.1, 0.15) is 40.8 Å². The molecule has 11 heteroatoms. The second kappa shape index (κ2) is 13.4. The largest absolute Gasteiger partial charge is 0.504 e. The van der Waals surface area contributed by atoms with Gasteiger partial charge < -0.3 is 25.6 Å². The van der Waals surface area contributed by atoms with Crippen LogP contribution in [0.25, 0.3) is 5.69 Å². The van der Waals surface area contributed by atoms with E-state index in [4.69, 9.17) is 14.8 Å². The Kier molecular flexibility index (Phi) is 9.53. The summed E-state index contributed by atoms with van der Waals surface area (Å²) in [4.78, 5) is 26.9. The Balaban J connectivity index is 0.000000202. The minimum absolute atomic E-state index is 0.105. The fraction of sp³-hybridized carbons (Fsp3) is 0.258. The molecule has 218 valence electrons. The van der Waals surface area contributed by atoms with Crippen molar-refractivity contribution in [2.75, 3.05) is 20.2 Å². The number of carbonyl (C=O) groups excluding carboxylic acids is 2. The molecule has 4 aromatic rings. The van der Waals surface area contributed by atoms with Gasteiger partial charge in [-0.05, 0) is 49.7 Å². The van der Waals surface area contributed by atoms with E-state index in [9.17, 15) is 14.7 Å². The molecule has 1 aromatic heterocycles. The maximum absolute atomic E-state index is 11.5. The molecule has 0 aliphatic carbocycles. The van der Waals surface area contributed by atoms with Gasteiger partial charge in [-0.3, -0.25) is 19.1 Å². The number of aliphatic imine (C=N–C) groups is 1. The Morgan fingerprint density at radius 2 is 1.67 bits per heavy atom. The molecule has 1 aliphatic heterocycles. The van der Waals surface area contributed by atoms with Gasteiger partial charge in [0.05, 0.1) is 24.9 Å². The number of nitrogens with zero attached hydrogens (tertiary/aromatic N) is 4. The van der Waals surface area contributed by atoms with Crippen LogP contribution < -0.4 is 15.4 Å². The third-order valence-electron chi connectivity index (χ3n) is 6.52. The Labute approximate surface area is 243 Å². The summed E-state index contributed by atoms with van der Waals surface area (Å²) in [5.74, 6) is 1.68. The number of fused-ring (bicyclic) bond motifs is 3. The number of nitrogens with one attached hydrogen (secondary N) is 2. The number of aryl methyl sites for hydroxylation is 2. The number of phenolic OH excluding ortho intramolecular Hbond substituents is 2. The number of carbonyl (C=O) groups is 2. The van der Waals surface area contributed by atoms with Crippen molar-refractivity contribution in [3.05, 3.63) is 94.6 Å². The summed E-state index contributed by atoms with van der Waals surface area (Å²) >= 11 is 0. The van der Waals surface area contributed by atoms with E-state index in [1.54, 1.807) is 13.2 Å². The highest BCUT2D eigenvalue weighted by Gasteiger charge is 2.22. The van der Waals surface area contributed by atoms with Crippen LogP contribution in [0.5, 0.6) is 17.2 Å². The van der Waals surface area contributed by atoms with Crippen LogP contribution in [0.2, 0.25) is 0 Å². The van der Waals surface area contributed by atoms with Crippen LogP contribution in [0.4, 0.5) is 0 Å². The van der Waals surface area contributed by atoms with E-state index < -0.39 is 0 Å². The van der Waals surface area contributed by atoms with E-state index in [0.717, 1.165) is 39.9 Å². The molecule has 0 radical (unpaired) electrons. The summed E-state index contributed by atoms with van der Waals surface area (Å²) < 4.78 is 7.50. The zero-order valence-corrected chi connectivity index (χ0v) is 24.0. The van der Waals surface area contributed by atoms with Crippen molar-refractivity contribution in [3.63, 3.8) is 0 Å². The highest BCUT2D eigenvalue weighted by atomic mass is 16.5. The van der Waals surface area contributed by atoms with Gasteiger partial charge in [-0.15, -0.1) is 10.2 Å². The monoisotopic (exact) mass is 570 g/mol. The molecule has 0 fully saturated rings. The molecule has 0 saturated carbocycles. The molecule has 11 nitrogen and oxygen atoms in total. The Morgan fingerprint density at radius 3 is 2.36 bits per heavy atom. The number of hydrogen-bond acceptors (Lipinski definition) is 8. The normalized spacial score (nSPS) is 11.6. The van der Waals surface area contributed by atoms with E-state index in [-0.39, 0.29) is 29.7 Å². The van der Waals surface area contributed by atoms with Crippen LogP contribution in [0, 0.1) is 13.8 Å². The van der Waals surface area contributed by atoms with Crippen molar-refractivity contribution in [3.8, 4) is 22.9 Å². The van der Waals surface area contributed by atoms with Crippen LogP contribution in [0.15, 0.2) is 65.7 Å². The van der Waals surface area contributed by atoms with Gasteiger partial charge in [0.15, 0.2) is 17.3 Å².